The van der Waals surface area contributed by atoms with Crippen LogP contribution in [0.2, 0.25) is 0 Å². The molecule has 1 amide bonds. The summed E-state index contributed by atoms with van der Waals surface area (Å²) in [6.07, 6.45) is 2.66. The summed E-state index contributed by atoms with van der Waals surface area (Å²) in [7, 11) is 0. The van der Waals surface area contributed by atoms with Crippen molar-refractivity contribution >= 4 is 17.7 Å². The zero-order chi connectivity index (χ0) is 11.1. The number of rotatable bonds is 5. The molecule has 1 aromatic rings. The number of aromatic nitrogens is 1. The van der Waals surface area contributed by atoms with Crippen LogP contribution in [0.5, 0.6) is 0 Å². The predicted molar refractivity (Wildman–Crippen MR) is 63.3 cm³/mol. The number of carbonyl (C=O) groups is 1. The van der Waals surface area contributed by atoms with Crippen LogP contribution in [0.4, 0.5) is 0 Å². The molecule has 0 bridgehead atoms. The van der Waals surface area contributed by atoms with Gasteiger partial charge in [-0.15, -0.1) is 11.8 Å². The highest BCUT2D eigenvalue weighted by atomic mass is 32.2. The molecule has 0 aliphatic rings. The first-order chi connectivity index (χ1) is 7.29. The van der Waals surface area contributed by atoms with Gasteiger partial charge in [-0.25, -0.2) is 4.98 Å². The van der Waals surface area contributed by atoms with Crippen LogP contribution in [0.15, 0.2) is 23.4 Å². The lowest BCUT2D eigenvalue weighted by Crippen LogP contribution is -2.24. The van der Waals surface area contributed by atoms with Crippen LogP contribution in [-0.4, -0.2) is 23.2 Å². The highest BCUT2D eigenvalue weighted by Gasteiger charge is 2.10. The van der Waals surface area contributed by atoms with Crippen molar-refractivity contribution in [1.82, 2.24) is 10.3 Å². The van der Waals surface area contributed by atoms with Gasteiger partial charge in [0, 0.05) is 12.7 Å². The molecule has 15 heavy (non-hydrogen) atoms. The Hall–Kier alpha value is -1.03. The standard InChI is InChI=1S/C11H16N2OS/c1-3-7-12-10(14)9-6-5-8-13-11(9)15-4-2/h5-6,8H,3-4,7H2,1-2H3,(H,12,14). The van der Waals surface area contributed by atoms with Gasteiger partial charge in [-0.1, -0.05) is 13.8 Å². The molecular formula is C11H16N2OS. The number of amides is 1. The van der Waals surface area contributed by atoms with E-state index < -0.39 is 0 Å². The first kappa shape index (κ1) is 12.0. The molecule has 1 rings (SSSR count). The van der Waals surface area contributed by atoms with Gasteiger partial charge in [0.25, 0.3) is 5.91 Å². The Kier molecular flexibility index (Phi) is 5.18. The summed E-state index contributed by atoms with van der Waals surface area (Å²) in [5.74, 6) is 0.895. The van der Waals surface area contributed by atoms with Crippen molar-refractivity contribution in [2.24, 2.45) is 0 Å². The van der Waals surface area contributed by atoms with E-state index in [0.29, 0.717) is 12.1 Å². The lowest BCUT2D eigenvalue weighted by atomic mass is 10.2. The number of nitrogens with zero attached hydrogens (tertiary/aromatic N) is 1. The second kappa shape index (κ2) is 6.45. The maximum Gasteiger partial charge on any atom is 0.254 e. The average Bonchev–Trinajstić information content (AvgIpc) is 2.27. The zero-order valence-corrected chi connectivity index (χ0v) is 9.93. The molecule has 0 fully saturated rings. The van der Waals surface area contributed by atoms with Gasteiger partial charge in [0.15, 0.2) is 0 Å². The topological polar surface area (TPSA) is 42.0 Å². The Morgan fingerprint density at radius 2 is 2.33 bits per heavy atom. The van der Waals surface area contributed by atoms with Crippen molar-refractivity contribution in [1.29, 1.82) is 0 Å². The number of carbonyl (C=O) groups excluding carboxylic acids is 1. The summed E-state index contributed by atoms with van der Waals surface area (Å²) in [6, 6.07) is 3.61. The lowest BCUT2D eigenvalue weighted by Gasteiger charge is -2.07. The lowest BCUT2D eigenvalue weighted by molar-refractivity contribution is 0.0950. The minimum atomic E-state index is -0.0269. The van der Waals surface area contributed by atoms with E-state index in [1.165, 1.54) is 0 Å². The van der Waals surface area contributed by atoms with Crippen LogP contribution in [0.1, 0.15) is 30.6 Å². The van der Waals surface area contributed by atoms with Crippen LogP contribution >= 0.6 is 11.8 Å². The van der Waals surface area contributed by atoms with Crippen molar-refractivity contribution in [3.8, 4) is 0 Å². The molecule has 0 saturated heterocycles. The highest BCUT2D eigenvalue weighted by molar-refractivity contribution is 7.99. The van der Waals surface area contributed by atoms with Gasteiger partial charge in [-0.05, 0) is 24.3 Å². The van der Waals surface area contributed by atoms with E-state index in [-0.39, 0.29) is 5.91 Å². The maximum atomic E-state index is 11.7. The Morgan fingerprint density at radius 3 is 3.00 bits per heavy atom. The van der Waals surface area contributed by atoms with E-state index >= 15 is 0 Å². The molecular weight excluding hydrogens is 208 g/mol. The molecule has 0 aromatic carbocycles. The fraction of sp³-hybridized carbons (Fsp3) is 0.455. The van der Waals surface area contributed by atoms with Crippen molar-refractivity contribution in [3.63, 3.8) is 0 Å². The van der Waals surface area contributed by atoms with Crippen LogP contribution in [-0.2, 0) is 0 Å². The molecule has 0 spiro atoms. The number of hydrogen-bond acceptors (Lipinski definition) is 3. The second-order valence-corrected chi connectivity index (χ2v) is 4.30. The van der Waals surface area contributed by atoms with Crippen LogP contribution < -0.4 is 5.32 Å². The molecule has 0 saturated carbocycles. The summed E-state index contributed by atoms with van der Waals surface area (Å²) in [5, 5.41) is 3.67. The molecule has 1 N–H and O–H groups in total. The quantitative estimate of drug-likeness (QED) is 0.780. The summed E-state index contributed by atoms with van der Waals surface area (Å²) in [6.45, 7) is 4.79. The van der Waals surface area contributed by atoms with Crippen molar-refractivity contribution in [3.05, 3.63) is 23.9 Å². The number of nitrogens with one attached hydrogen (secondary N) is 1. The monoisotopic (exact) mass is 224 g/mol. The second-order valence-electron chi connectivity index (χ2n) is 3.05. The maximum absolute atomic E-state index is 11.7. The molecule has 1 aromatic heterocycles. The first-order valence-electron chi connectivity index (χ1n) is 5.15. The number of hydrogen-bond donors (Lipinski definition) is 1. The van der Waals surface area contributed by atoms with Gasteiger partial charge in [0.2, 0.25) is 0 Å². The minimum absolute atomic E-state index is 0.0269. The van der Waals surface area contributed by atoms with E-state index in [9.17, 15) is 4.79 Å². The number of thioether (sulfide) groups is 1. The van der Waals surface area contributed by atoms with Gasteiger partial charge >= 0.3 is 0 Å². The smallest absolute Gasteiger partial charge is 0.254 e. The normalized spacial score (nSPS) is 10.0. The van der Waals surface area contributed by atoms with Gasteiger partial charge in [0.1, 0.15) is 5.03 Å². The Balaban J connectivity index is 2.77. The third-order valence-electron chi connectivity index (χ3n) is 1.83. The molecule has 3 nitrogen and oxygen atoms in total. The summed E-state index contributed by atoms with van der Waals surface area (Å²) in [4.78, 5) is 15.9. The molecule has 4 heteroatoms. The van der Waals surface area contributed by atoms with E-state index in [0.717, 1.165) is 17.2 Å². The van der Waals surface area contributed by atoms with Crippen molar-refractivity contribution < 1.29 is 4.79 Å². The molecule has 82 valence electrons. The highest BCUT2D eigenvalue weighted by Crippen LogP contribution is 2.19. The van der Waals surface area contributed by atoms with Crippen LogP contribution in [0.3, 0.4) is 0 Å². The van der Waals surface area contributed by atoms with Crippen molar-refractivity contribution in [2.45, 2.75) is 25.3 Å². The van der Waals surface area contributed by atoms with Gasteiger partial charge in [-0.3, -0.25) is 4.79 Å². The Labute approximate surface area is 94.7 Å². The largest absolute Gasteiger partial charge is 0.352 e. The van der Waals surface area contributed by atoms with Gasteiger partial charge in [0.05, 0.1) is 5.56 Å². The molecule has 1 heterocycles. The minimum Gasteiger partial charge on any atom is -0.352 e. The fourth-order valence-corrected chi connectivity index (χ4v) is 1.87. The molecule has 0 aliphatic carbocycles. The molecule has 0 unspecified atom stereocenters. The van der Waals surface area contributed by atoms with E-state index in [1.807, 2.05) is 19.9 Å². The average molecular weight is 224 g/mol. The molecule has 0 radical (unpaired) electrons. The zero-order valence-electron chi connectivity index (χ0n) is 9.12. The summed E-state index contributed by atoms with van der Waals surface area (Å²) >= 11 is 1.59. The van der Waals surface area contributed by atoms with Gasteiger partial charge < -0.3 is 5.32 Å². The van der Waals surface area contributed by atoms with E-state index in [2.05, 4.69) is 10.3 Å². The Bertz CT molecular complexity index is 328. The summed E-state index contributed by atoms with van der Waals surface area (Å²) in [5.41, 5.74) is 0.679. The third-order valence-corrected chi connectivity index (χ3v) is 2.72. The van der Waals surface area contributed by atoms with Crippen LogP contribution in [0.25, 0.3) is 0 Å². The SMILES string of the molecule is CCCNC(=O)c1cccnc1SCC. The third kappa shape index (κ3) is 3.55. The Morgan fingerprint density at radius 1 is 1.53 bits per heavy atom. The number of pyridine rings is 1. The van der Waals surface area contributed by atoms with Crippen LogP contribution in [0, 0.1) is 0 Å². The van der Waals surface area contributed by atoms with Gasteiger partial charge in [-0.2, -0.15) is 0 Å². The summed E-state index contributed by atoms with van der Waals surface area (Å²) < 4.78 is 0. The molecule has 0 atom stereocenters. The molecule has 0 aliphatic heterocycles. The van der Waals surface area contributed by atoms with E-state index in [1.54, 1.807) is 24.0 Å². The predicted octanol–water partition coefficient (Wildman–Crippen LogP) is 2.33. The first-order valence-corrected chi connectivity index (χ1v) is 6.14. The van der Waals surface area contributed by atoms with Crippen molar-refractivity contribution in [2.75, 3.05) is 12.3 Å². The fourth-order valence-electron chi connectivity index (χ4n) is 1.15. The van der Waals surface area contributed by atoms with E-state index in [4.69, 9.17) is 0 Å².